The van der Waals surface area contributed by atoms with Crippen molar-refractivity contribution in [2.24, 2.45) is 0 Å². The molecule has 1 aliphatic heterocycles. The Morgan fingerprint density at radius 2 is 2.05 bits per heavy atom. The van der Waals surface area contributed by atoms with Crippen molar-refractivity contribution >= 4 is 12.0 Å². The van der Waals surface area contributed by atoms with E-state index >= 15 is 0 Å². The summed E-state index contributed by atoms with van der Waals surface area (Å²) in [4.78, 5) is 25.1. The fourth-order valence-corrected chi connectivity index (χ4v) is 2.73. The van der Waals surface area contributed by atoms with Gasteiger partial charge < -0.3 is 15.0 Å². The van der Waals surface area contributed by atoms with Gasteiger partial charge in [-0.3, -0.25) is 4.79 Å². The minimum Gasteiger partial charge on any atom is -0.445 e. The zero-order valence-electron chi connectivity index (χ0n) is 12.6. The number of amides is 2. The lowest BCUT2D eigenvalue weighted by atomic mass is 9.91. The molecule has 2 amide bonds. The first-order valence-electron chi connectivity index (χ1n) is 7.23. The molecular weight excluding hydrogens is 268 g/mol. The standard InChI is InChI=1S/C16H22N2O3/c1-13(19)17-16(2)9-6-10-18(12-16)15(20)21-11-14-7-4-3-5-8-14/h3-5,7-8H,6,9-12H2,1-2H3,(H,17,19). The van der Waals surface area contributed by atoms with Crippen LogP contribution in [0.15, 0.2) is 30.3 Å². The number of piperidine rings is 1. The second-order valence-electron chi connectivity index (χ2n) is 5.81. The summed E-state index contributed by atoms with van der Waals surface area (Å²) in [6.07, 6.45) is 1.40. The molecule has 2 rings (SSSR count). The summed E-state index contributed by atoms with van der Waals surface area (Å²) in [5.74, 6) is -0.0722. The van der Waals surface area contributed by atoms with Gasteiger partial charge in [0.2, 0.25) is 5.91 Å². The lowest BCUT2D eigenvalue weighted by Crippen LogP contribution is -2.57. The molecule has 0 bridgehead atoms. The fraction of sp³-hybridized carbons (Fsp3) is 0.500. The largest absolute Gasteiger partial charge is 0.445 e. The lowest BCUT2D eigenvalue weighted by molar-refractivity contribution is -0.121. The van der Waals surface area contributed by atoms with Gasteiger partial charge in [-0.25, -0.2) is 4.79 Å². The number of rotatable bonds is 3. The molecule has 1 heterocycles. The average Bonchev–Trinajstić information content (AvgIpc) is 2.44. The average molecular weight is 290 g/mol. The monoisotopic (exact) mass is 290 g/mol. The van der Waals surface area contributed by atoms with Crippen molar-refractivity contribution in [2.45, 2.75) is 38.8 Å². The maximum atomic E-state index is 12.1. The number of hydrogen-bond acceptors (Lipinski definition) is 3. The number of carbonyl (C=O) groups excluding carboxylic acids is 2. The molecule has 5 heteroatoms. The second-order valence-corrected chi connectivity index (χ2v) is 5.81. The third-order valence-corrected chi connectivity index (χ3v) is 3.64. The predicted molar refractivity (Wildman–Crippen MR) is 79.7 cm³/mol. The normalized spacial score (nSPS) is 21.7. The molecular formula is C16H22N2O3. The number of hydrogen-bond donors (Lipinski definition) is 1. The van der Waals surface area contributed by atoms with Crippen LogP contribution in [0.1, 0.15) is 32.3 Å². The Morgan fingerprint density at radius 3 is 2.71 bits per heavy atom. The Bertz CT molecular complexity index is 504. The maximum absolute atomic E-state index is 12.1. The zero-order chi connectivity index (χ0) is 15.3. The van der Waals surface area contributed by atoms with Crippen LogP contribution in [-0.4, -0.2) is 35.5 Å². The SMILES string of the molecule is CC(=O)NC1(C)CCCN(C(=O)OCc2ccccc2)C1. The van der Waals surface area contributed by atoms with Crippen LogP contribution in [0.5, 0.6) is 0 Å². The smallest absolute Gasteiger partial charge is 0.410 e. The molecule has 0 aromatic heterocycles. The van der Waals surface area contributed by atoms with Crippen LogP contribution < -0.4 is 5.32 Å². The van der Waals surface area contributed by atoms with Crippen molar-refractivity contribution in [1.82, 2.24) is 10.2 Å². The van der Waals surface area contributed by atoms with E-state index in [0.29, 0.717) is 13.1 Å². The van der Waals surface area contributed by atoms with Gasteiger partial charge in [-0.15, -0.1) is 0 Å². The zero-order valence-corrected chi connectivity index (χ0v) is 12.6. The van der Waals surface area contributed by atoms with Gasteiger partial charge in [0, 0.05) is 20.0 Å². The highest BCUT2D eigenvalue weighted by molar-refractivity contribution is 5.74. The van der Waals surface area contributed by atoms with Gasteiger partial charge in [-0.1, -0.05) is 30.3 Å². The van der Waals surface area contributed by atoms with Crippen LogP contribution in [0.4, 0.5) is 4.79 Å². The molecule has 1 N–H and O–H groups in total. The molecule has 1 atom stereocenters. The lowest BCUT2D eigenvalue weighted by Gasteiger charge is -2.40. The second kappa shape index (κ2) is 6.61. The van der Waals surface area contributed by atoms with Crippen molar-refractivity contribution < 1.29 is 14.3 Å². The van der Waals surface area contributed by atoms with Gasteiger partial charge in [-0.2, -0.15) is 0 Å². The summed E-state index contributed by atoms with van der Waals surface area (Å²) >= 11 is 0. The van der Waals surface area contributed by atoms with E-state index in [1.807, 2.05) is 37.3 Å². The first kappa shape index (κ1) is 15.4. The number of benzene rings is 1. The van der Waals surface area contributed by atoms with E-state index in [9.17, 15) is 9.59 Å². The molecule has 0 spiro atoms. The third kappa shape index (κ3) is 4.48. The predicted octanol–water partition coefficient (Wildman–Crippen LogP) is 2.31. The molecule has 114 valence electrons. The number of nitrogens with zero attached hydrogens (tertiary/aromatic N) is 1. The highest BCUT2D eigenvalue weighted by Gasteiger charge is 2.34. The third-order valence-electron chi connectivity index (χ3n) is 3.64. The van der Waals surface area contributed by atoms with Gasteiger partial charge in [0.05, 0.1) is 5.54 Å². The molecule has 1 fully saturated rings. The van der Waals surface area contributed by atoms with E-state index in [-0.39, 0.29) is 24.1 Å². The van der Waals surface area contributed by atoms with Gasteiger partial charge >= 0.3 is 6.09 Å². The van der Waals surface area contributed by atoms with Gasteiger partial charge in [0.1, 0.15) is 6.61 Å². The highest BCUT2D eigenvalue weighted by atomic mass is 16.6. The van der Waals surface area contributed by atoms with Gasteiger partial charge in [0.25, 0.3) is 0 Å². The fourth-order valence-electron chi connectivity index (χ4n) is 2.73. The molecule has 1 aliphatic rings. The van der Waals surface area contributed by atoms with Crippen LogP contribution in [0.3, 0.4) is 0 Å². The molecule has 0 radical (unpaired) electrons. The topological polar surface area (TPSA) is 58.6 Å². The van der Waals surface area contributed by atoms with E-state index in [1.54, 1.807) is 4.90 Å². The highest BCUT2D eigenvalue weighted by Crippen LogP contribution is 2.21. The Hall–Kier alpha value is -2.04. The van der Waals surface area contributed by atoms with E-state index in [4.69, 9.17) is 4.74 Å². The van der Waals surface area contributed by atoms with E-state index in [0.717, 1.165) is 18.4 Å². The number of nitrogens with one attached hydrogen (secondary N) is 1. The molecule has 5 nitrogen and oxygen atoms in total. The number of likely N-dealkylation sites (tertiary alicyclic amines) is 1. The van der Waals surface area contributed by atoms with Crippen LogP contribution in [-0.2, 0) is 16.1 Å². The Labute approximate surface area is 125 Å². The number of carbonyl (C=O) groups is 2. The van der Waals surface area contributed by atoms with Crippen LogP contribution in [0.2, 0.25) is 0 Å². The molecule has 21 heavy (non-hydrogen) atoms. The molecule has 1 aromatic rings. The molecule has 1 aromatic carbocycles. The summed E-state index contributed by atoms with van der Waals surface area (Å²) in [7, 11) is 0. The molecule has 1 unspecified atom stereocenters. The van der Waals surface area contributed by atoms with Crippen LogP contribution in [0.25, 0.3) is 0 Å². The first-order chi connectivity index (χ1) is 9.98. The minimum atomic E-state index is -0.365. The van der Waals surface area contributed by atoms with E-state index in [2.05, 4.69) is 5.32 Å². The van der Waals surface area contributed by atoms with Crippen molar-refractivity contribution in [3.63, 3.8) is 0 Å². The van der Waals surface area contributed by atoms with Crippen molar-refractivity contribution in [2.75, 3.05) is 13.1 Å². The Morgan fingerprint density at radius 1 is 1.33 bits per heavy atom. The van der Waals surface area contributed by atoms with E-state index < -0.39 is 0 Å². The van der Waals surface area contributed by atoms with Crippen molar-refractivity contribution in [3.8, 4) is 0 Å². The van der Waals surface area contributed by atoms with Crippen LogP contribution >= 0.6 is 0 Å². The minimum absolute atomic E-state index is 0.0722. The molecule has 0 aliphatic carbocycles. The summed E-state index contributed by atoms with van der Waals surface area (Å²) in [6, 6.07) is 9.60. The Balaban J connectivity index is 1.88. The quantitative estimate of drug-likeness (QED) is 0.929. The van der Waals surface area contributed by atoms with Gasteiger partial charge in [-0.05, 0) is 25.3 Å². The van der Waals surface area contributed by atoms with E-state index in [1.165, 1.54) is 6.92 Å². The number of ether oxygens (including phenoxy) is 1. The Kier molecular flexibility index (Phi) is 4.83. The first-order valence-corrected chi connectivity index (χ1v) is 7.23. The van der Waals surface area contributed by atoms with Crippen molar-refractivity contribution in [3.05, 3.63) is 35.9 Å². The maximum Gasteiger partial charge on any atom is 0.410 e. The van der Waals surface area contributed by atoms with Crippen LogP contribution in [0, 0.1) is 0 Å². The summed E-state index contributed by atoms with van der Waals surface area (Å²) in [5.41, 5.74) is 0.600. The van der Waals surface area contributed by atoms with Gasteiger partial charge in [0.15, 0.2) is 0 Å². The summed E-state index contributed by atoms with van der Waals surface area (Å²) in [5, 5.41) is 2.93. The molecule has 0 saturated carbocycles. The summed E-state index contributed by atoms with van der Waals surface area (Å²) < 4.78 is 5.34. The summed E-state index contributed by atoms with van der Waals surface area (Å²) in [6.45, 7) is 4.89. The molecule has 1 saturated heterocycles. The van der Waals surface area contributed by atoms with Crippen molar-refractivity contribution in [1.29, 1.82) is 0 Å².